The first-order valence-corrected chi connectivity index (χ1v) is 13.0. The van der Waals surface area contributed by atoms with E-state index in [0.717, 1.165) is 37.3 Å². The number of nitro benzene ring substituents is 1. The van der Waals surface area contributed by atoms with Gasteiger partial charge in [-0.15, -0.1) is 0 Å². The SMILES string of the molecule is CC(NC(=O)COc1ccc(S(=O)(=O)N2CCCC2)cc1[N+](=O)[O-])c1ccc2c(c1)CCCC2. The van der Waals surface area contributed by atoms with Crippen LogP contribution in [0, 0.1) is 10.1 Å². The number of rotatable bonds is 8. The second-order valence-electron chi connectivity index (χ2n) is 8.81. The molecule has 2 aliphatic rings. The summed E-state index contributed by atoms with van der Waals surface area (Å²) < 4.78 is 32.2. The van der Waals surface area contributed by atoms with Gasteiger partial charge in [0.15, 0.2) is 12.4 Å². The third kappa shape index (κ3) is 5.23. The summed E-state index contributed by atoms with van der Waals surface area (Å²) in [4.78, 5) is 23.2. The predicted molar refractivity (Wildman–Crippen MR) is 126 cm³/mol. The summed E-state index contributed by atoms with van der Waals surface area (Å²) in [6, 6.07) is 9.53. The number of sulfonamides is 1. The molecular formula is C24H29N3O6S. The largest absolute Gasteiger partial charge is 0.477 e. The molecule has 1 heterocycles. The lowest BCUT2D eigenvalue weighted by Gasteiger charge is -2.20. The van der Waals surface area contributed by atoms with Crippen molar-refractivity contribution >= 4 is 21.6 Å². The average Bonchev–Trinajstić information content (AvgIpc) is 3.38. The number of amides is 1. The Morgan fingerprint density at radius 2 is 1.79 bits per heavy atom. The highest BCUT2D eigenvalue weighted by Gasteiger charge is 2.30. The number of ether oxygens (including phenoxy) is 1. The number of fused-ring (bicyclic) bond motifs is 1. The van der Waals surface area contributed by atoms with Crippen molar-refractivity contribution < 1.29 is 22.9 Å². The smallest absolute Gasteiger partial charge is 0.312 e. The van der Waals surface area contributed by atoms with Gasteiger partial charge in [-0.25, -0.2) is 8.42 Å². The van der Waals surface area contributed by atoms with Gasteiger partial charge in [0.05, 0.1) is 15.9 Å². The minimum atomic E-state index is -3.80. The lowest BCUT2D eigenvalue weighted by atomic mass is 9.89. The van der Waals surface area contributed by atoms with Gasteiger partial charge < -0.3 is 10.1 Å². The van der Waals surface area contributed by atoms with E-state index >= 15 is 0 Å². The molecule has 1 atom stereocenters. The minimum absolute atomic E-state index is 0.151. The fourth-order valence-electron chi connectivity index (χ4n) is 4.53. The maximum atomic E-state index is 12.7. The fourth-order valence-corrected chi connectivity index (χ4v) is 6.07. The van der Waals surface area contributed by atoms with Crippen molar-refractivity contribution in [2.24, 2.45) is 0 Å². The zero-order chi connectivity index (χ0) is 24.3. The Morgan fingerprint density at radius 3 is 2.50 bits per heavy atom. The molecule has 34 heavy (non-hydrogen) atoms. The molecule has 1 unspecified atom stereocenters. The summed E-state index contributed by atoms with van der Waals surface area (Å²) in [5.74, 6) is -0.574. The molecule has 0 radical (unpaired) electrons. The topological polar surface area (TPSA) is 119 Å². The van der Waals surface area contributed by atoms with E-state index in [9.17, 15) is 23.3 Å². The molecule has 0 spiro atoms. The number of hydrogen-bond donors (Lipinski definition) is 1. The lowest BCUT2D eigenvalue weighted by molar-refractivity contribution is -0.386. The van der Waals surface area contributed by atoms with Crippen LogP contribution < -0.4 is 10.1 Å². The first-order chi connectivity index (χ1) is 16.3. The molecule has 1 saturated heterocycles. The molecule has 4 rings (SSSR count). The highest BCUT2D eigenvalue weighted by molar-refractivity contribution is 7.89. The quantitative estimate of drug-likeness (QED) is 0.450. The maximum Gasteiger partial charge on any atom is 0.312 e. The van der Waals surface area contributed by atoms with E-state index in [1.807, 2.05) is 13.0 Å². The predicted octanol–water partition coefficient (Wildman–Crippen LogP) is 3.51. The van der Waals surface area contributed by atoms with Gasteiger partial charge in [-0.1, -0.05) is 18.2 Å². The molecule has 182 valence electrons. The summed E-state index contributed by atoms with van der Waals surface area (Å²) in [5, 5.41) is 14.4. The zero-order valence-corrected chi connectivity index (χ0v) is 20.0. The van der Waals surface area contributed by atoms with Crippen molar-refractivity contribution in [3.05, 3.63) is 63.2 Å². The van der Waals surface area contributed by atoms with Crippen LogP contribution in [0.5, 0.6) is 5.75 Å². The number of carbonyl (C=O) groups excluding carboxylic acids is 1. The highest BCUT2D eigenvalue weighted by Crippen LogP contribution is 2.32. The Kier molecular flexibility index (Phi) is 7.18. The van der Waals surface area contributed by atoms with Gasteiger partial charge >= 0.3 is 5.69 Å². The Morgan fingerprint density at radius 1 is 1.09 bits per heavy atom. The lowest BCUT2D eigenvalue weighted by Crippen LogP contribution is -2.31. The van der Waals surface area contributed by atoms with Gasteiger partial charge in [0.2, 0.25) is 10.0 Å². The van der Waals surface area contributed by atoms with E-state index in [1.165, 1.54) is 40.4 Å². The van der Waals surface area contributed by atoms with E-state index < -0.39 is 33.1 Å². The van der Waals surface area contributed by atoms with Crippen LogP contribution in [0.4, 0.5) is 5.69 Å². The normalized spacial score (nSPS) is 17.1. The number of benzene rings is 2. The molecule has 1 N–H and O–H groups in total. The number of nitro groups is 1. The third-order valence-corrected chi connectivity index (χ3v) is 8.33. The number of nitrogens with zero attached hydrogens (tertiary/aromatic N) is 2. The van der Waals surface area contributed by atoms with Gasteiger partial charge in [-0.3, -0.25) is 14.9 Å². The van der Waals surface area contributed by atoms with Crippen LogP contribution >= 0.6 is 0 Å². The molecule has 1 amide bonds. The number of hydrogen-bond acceptors (Lipinski definition) is 6. The van der Waals surface area contributed by atoms with Crippen molar-refractivity contribution in [3.8, 4) is 5.75 Å². The number of carbonyl (C=O) groups is 1. The second kappa shape index (κ2) is 10.1. The van der Waals surface area contributed by atoms with Crippen LogP contribution in [0.1, 0.15) is 55.3 Å². The molecule has 0 saturated carbocycles. The zero-order valence-electron chi connectivity index (χ0n) is 19.2. The second-order valence-corrected chi connectivity index (χ2v) is 10.7. The Labute approximate surface area is 199 Å². The van der Waals surface area contributed by atoms with Crippen LogP contribution in [0.3, 0.4) is 0 Å². The van der Waals surface area contributed by atoms with Gasteiger partial charge in [0.25, 0.3) is 5.91 Å². The van der Waals surface area contributed by atoms with Crippen LogP contribution in [-0.4, -0.2) is 43.2 Å². The van der Waals surface area contributed by atoms with Crippen molar-refractivity contribution in [1.82, 2.24) is 9.62 Å². The van der Waals surface area contributed by atoms with Crippen molar-refractivity contribution in [1.29, 1.82) is 0 Å². The van der Waals surface area contributed by atoms with E-state index in [2.05, 4.69) is 17.4 Å². The highest BCUT2D eigenvalue weighted by atomic mass is 32.2. The molecule has 2 aromatic carbocycles. The molecule has 9 nitrogen and oxygen atoms in total. The van der Waals surface area contributed by atoms with Gasteiger partial charge in [0.1, 0.15) is 0 Å². The van der Waals surface area contributed by atoms with Crippen molar-refractivity contribution in [3.63, 3.8) is 0 Å². The van der Waals surface area contributed by atoms with Gasteiger partial charge in [-0.2, -0.15) is 4.31 Å². The van der Waals surface area contributed by atoms with Crippen LogP contribution in [0.25, 0.3) is 0 Å². The molecular weight excluding hydrogens is 458 g/mol. The average molecular weight is 488 g/mol. The van der Waals surface area contributed by atoms with Crippen LogP contribution in [-0.2, 0) is 27.7 Å². The van der Waals surface area contributed by atoms with Crippen LogP contribution in [0.2, 0.25) is 0 Å². The van der Waals surface area contributed by atoms with E-state index in [-0.39, 0.29) is 16.7 Å². The summed E-state index contributed by atoms with van der Waals surface area (Å²) in [6.45, 7) is 2.26. The minimum Gasteiger partial charge on any atom is -0.477 e. The standard InChI is InChI=1S/C24H29N3O6S/c1-17(19-9-8-18-6-2-3-7-20(18)14-19)25-24(28)16-33-23-11-10-21(15-22(23)27(29)30)34(31,32)26-12-4-5-13-26/h8-11,14-15,17H,2-7,12-13,16H2,1H3,(H,25,28). The molecule has 2 aromatic rings. The van der Waals surface area contributed by atoms with Crippen molar-refractivity contribution in [2.45, 2.75) is 56.4 Å². The fraction of sp³-hybridized carbons (Fsp3) is 0.458. The summed E-state index contributed by atoms with van der Waals surface area (Å²) in [7, 11) is -3.80. The molecule has 0 bridgehead atoms. The number of nitrogens with one attached hydrogen (secondary N) is 1. The maximum absolute atomic E-state index is 12.7. The van der Waals surface area contributed by atoms with E-state index in [0.29, 0.717) is 13.1 Å². The first-order valence-electron chi connectivity index (χ1n) is 11.6. The molecule has 1 fully saturated rings. The monoisotopic (exact) mass is 487 g/mol. The number of aryl methyl sites for hydroxylation is 2. The van der Waals surface area contributed by atoms with Crippen LogP contribution in [0.15, 0.2) is 41.3 Å². The molecule has 0 aromatic heterocycles. The summed E-state index contributed by atoms with van der Waals surface area (Å²) >= 11 is 0. The first kappa shape index (κ1) is 24.2. The molecule has 10 heteroatoms. The van der Waals surface area contributed by atoms with Gasteiger partial charge in [0, 0.05) is 19.2 Å². The Hall–Kier alpha value is -2.98. The third-order valence-electron chi connectivity index (χ3n) is 6.44. The van der Waals surface area contributed by atoms with Gasteiger partial charge in [-0.05, 0) is 74.3 Å². The van der Waals surface area contributed by atoms with Crippen molar-refractivity contribution in [2.75, 3.05) is 19.7 Å². The van der Waals surface area contributed by atoms with E-state index in [1.54, 1.807) is 0 Å². The molecule has 1 aliphatic heterocycles. The summed E-state index contributed by atoms with van der Waals surface area (Å²) in [5.41, 5.74) is 3.19. The Balaban J connectivity index is 1.41. The summed E-state index contributed by atoms with van der Waals surface area (Å²) in [6.07, 6.45) is 6.03. The Bertz CT molecular complexity index is 1190. The van der Waals surface area contributed by atoms with E-state index in [4.69, 9.17) is 4.74 Å². The molecule has 1 aliphatic carbocycles.